The van der Waals surface area contributed by atoms with E-state index < -0.39 is 5.60 Å². The molecule has 0 heterocycles. The van der Waals surface area contributed by atoms with Crippen molar-refractivity contribution in [2.75, 3.05) is 0 Å². The molecular formula is C17H30O2. The van der Waals surface area contributed by atoms with Gasteiger partial charge in [-0.15, -0.1) is 0 Å². The summed E-state index contributed by atoms with van der Waals surface area (Å²) in [6.07, 6.45) is 9.39. The fourth-order valence-electron chi connectivity index (χ4n) is 2.70. The molecule has 0 aliphatic heterocycles. The van der Waals surface area contributed by atoms with Crippen molar-refractivity contribution in [3.63, 3.8) is 0 Å². The lowest BCUT2D eigenvalue weighted by molar-refractivity contribution is -0.0234. The minimum Gasteiger partial charge on any atom is -0.389 e. The van der Waals surface area contributed by atoms with E-state index >= 15 is 0 Å². The second-order valence-electron chi connectivity index (χ2n) is 6.21. The van der Waals surface area contributed by atoms with E-state index in [1.807, 2.05) is 13.8 Å². The molecule has 1 rings (SSSR count). The van der Waals surface area contributed by atoms with Gasteiger partial charge in [0.1, 0.15) is 0 Å². The van der Waals surface area contributed by atoms with Crippen LogP contribution in [0.1, 0.15) is 66.2 Å². The maximum atomic E-state index is 10.7. The van der Waals surface area contributed by atoms with Crippen LogP contribution < -0.4 is 0 Å². The summed E-state index contributed by atoms with van der Waals surface area (Å²) in [5.74, 6) is 0.305. The van der Waals surface area contributed by atoms with E-state index in [1.54, 1.807) is 0 Å². The Bertz CT molecular complexity index is 343. The Balaban J connectivity index is 2.45. The van der Waals surface area contributed by atoms with E-state index in [2.05, 4.69) is 26.0 Å². The van der Waals surface area contributed by atoms with Crippen molar-refractivity contribution >= 4 is 0 Å². The summed E-state index contributed by atoms with van der Waals surface area (Å²) in [7, 11) is 0. The van der Waals surface area contributed by atoms with Gasteiger partial charge in [-0.25, -0.2) is 0 Å². The molecule has 110 valence electrons. The Hall–Kier alpha value is -0.600. The molecule has 0 aromatic rings. The predicted molar refractivity (Wildman–Crippen MR) is 81.0 cm³/mol. The molecule has 0 saturated heterocycles. The first-order valence-electron chi connectivity index (χ1n) is 7.61. The van der Waals surface area contributed by atoms with Gasteiger partial charge in [0.2, 0.25) is 0 Å². The first kappa shape index (κ1) is 16.5. The lowest BCUT2D eigenvalue weighted by Gasteiger charge is -2.36. The maximum absolute atomic E-state index is 10.7. The zero-order chi connectivity index (χ0) is 14.5. The molecule has 2 heteroatoms. The smallest absolute Gasteiger partial charge is 0.0744 e. The van der Waals surface area contributed by atoms with Crippen molar-refractivity contribution in [2.24, 2.45) is 5.92 Å². The van der Waals surface area contributed by atoms with Crippen LogP contribution >= 0.6 is 0 Å². The molecule has 0 radical (unpaired) electrons. The van der Waals surface area contributed by atoms with Crippen LogP contribution in [0, 0.1) is 5.92 Å². The molecule has 0 aromatic carbocycles. The first-order chi connectivity index (χ1) is 8.89. The molecule has 19 heavy (non-hydrogen) atoms. The average molecular weight is 266 g/mol. The molecule has 0 saturated carbocycles. The number of aliphatic hydroxyl groups excluding tert-OH is 1. The van der Waals surface area contributed by atoms with Gasteiger partial charge >= 0.3 is 0 Å². The monoisotopic (exact) mass is 266 g/mol. The lowest BCUT2D eigenvalue weighted by atomic mass is 9.75. The van der Waals surface area contributed by atoms with Crippen molar-refractivity contribution in [3.05, 3.63) is 23.3 Å². The normalized spacial score (nSPS) is 27.9. The highest BCUT2D eigenvalue weighted by Gasteiger charge is 2.33. The van der Waals surface area contributed by atoms with Crippen LogP contribution in [0.4, 0.5) is 0 Å². The van der Waals surface area contributed by atoms with Gasteiger partial charge in [0.05, 0.1) is 11.7 Å². The fourth-order valence-corrected chi connectivity index (χ4v) is 2.70. The second kappa shape index (κ2) is 7.25. The van der Waals surface area contributed by atoms with Gasteiger partial charge < -0.3 is 10.2 Å². The third-order valence-corrected chi connectivity index (χ3v) is 4.65. The van der Waals surface area contributed by atoms with Crippen LogP contribution in [-0.4, -0.2) is 21.9 Å². The average Bonchev–Trinajstić information content (AvgIpc) is 2.41. The summed E-state index contributed by atoms with van der Waals surface area (Å²) < 4.78 is 0. The van der Waals surface area contributed by atoms with Crippen LogP contribution in [-0.2, 0) is 0 Å². The number of allylic oxidation sites excluding steroid dienone is 2. The highest BCUT2D eigenvalue weighted by atomic mass is 16.3. The summed E-state index contributed by atoms with van der Waals surface area (Å²) in [6, 6.07) is 0. The van der Waals surface area contributed by atoms with Gasteiger partial charge in [-0.2, -0.15) is 0 Å². The third-order valence-electron chi connectivity index (χ3n) is 4.65. The molecule has 2 N–H and O–H groups in total. The van der Waals surface area contributed by atoms with Crippen molar-refractivity contribution in [2.45, 2.75) is 77.9 Å². The molecule has 0 amide bonds. The van der Waals surface area contributed by atoms with Crippen molar-refractivity contribution in [1.29, 1.82) is 0 Å². The van der Waals surface area contributed by atoms with Crippen LogP contribution in [0.2, 0.25) is 0 Å². The highest BCUT2D eigenvalue weighted by Crippen LogP contribution is 2.35. The van der Waals surface area contributed by atoms with Crippen LogP contribution in [0.3, 0.4) is 0 Å². The van der Waals surface area contributed by atoms with Gasteiger partial charge in [0.15, 0.2) is 0 Å². The Labute approximate surface area is 118 Å². The summed E-state index contributed by atoms with van der Waals surface area (Å²) in [5.41, 5.74) is 1.93. The molecule has 1 aliphatic rings. The number of rotatable bonds is 6. The number of hydrogen-bond acceptors (Lipinski definition) is 2. The van der Waals surface area contributed by atoms with Crippen molar-refractivity contribution < 1.29 is 10.2 Å². The van der Waals surface area contributed by atoms with Crippen molar-refractivity contribution in [3.8, 4) is 0 Å². The zero-order valence-electron chi connectivity index (χ0n) is 12.9. The molecule has 0 bridgehead atoms. The van der Waals surface area contributed by atoms with E-state index in [9.17, 15) is 10.2 Å². The van der Waals surface area contributed by atoms with Crippen LogP contribution in [0.15, 0.2) is 23.3 Å². The van der Waals surface area contributed by atoms with E-state index in [-0.39, 0.29) is 6.10 Å². The topological polar surface area (TPSA) is 40.5 Å². The SMILES string of the molecule is CC[C@@H](O)/C(C)=C\CC[C@@H](C)[C@@]1(O)CC=C(C)CC1. The Morgan fingerprint density at radius 1 is 1.53 bits per heavy atom. The predicted octanol–water partition coefficient (Wildman–Crippen LogP) is 3.98. The van der Waals surface area contributed by atoms with Crippen LogP contribution in [0.5, 0.6) is 0 Å². The van der Waals surface area contributed by atoms with Crippen LogP contribution in [0.25, 0.3) is 0 Å². The second-order valence-corrected chi connectivity index (χ2v) is 6.21. The van der Waals surface area contributed by atoms with Gasteiger partial charge in [0, 0.05) is 0 Å². The molecular weight excluding hydrogens is 236 g/mol. The highest BCUT2D eigenvalue weighted by molar-refractivity contribution is 5.09. The molecule has 0 unspecified atom stereocenters. The van der Waals surface area contributed by atoms with Gasteiger partial charge in [-0.1, -0.05) is 31.6 Å². The maximum Gasteiger partial charge on any atom is 0.0744 e. The molecule has 0 aromatic heterocycles. The zero-order valence-corrected chi connectivity index (χ0v) is 12.9. The van der Waals surface area contributed by atoms with E-state index in [4.69, 9.17) is 0 Å². The number of aliphatic hydroxyl groups is 2. The lowest BCUT2D eigenvalue weighted by Crippen LogP contribution is -2.37. The summed E-state index contributed by atoms with van der Waals surface area (Å²) in [4.78, 5) is 0. The Morgan fingerprint density at radius 3 is 2.74 bits per heavy atom. The van der Waals surface area contributed by atoms with Crippen molar-refractivity contribution in [1.82, 2.24) is 0 Å². The largest absolute Gasteiger partial charge is 0.389 e. The first-order valence-corrected chi connectivity index (χ1v) is 7.61. The molecule has 2 nitrogen and oxygen atoms in total. The molecule has 1 aliphatic carbocycles. The summed E-state index contributed by atoms with van der Waals surface area (Å²) in [6.45, 7) is 8.26. The van der Waals surface area contributed by atoms with Gasteiger partial charge in [-0.3, -0.25) is 0 Å². The Kier molecular flexibility index (Phi) is 6.28. The van der Waals surface area contributed by atoms with E-state index in [1.165, 1.54) is 5.57 Å². The third kappa shape index (κ3) is 4.77. The van der Waals surface area contributed by atoms with E-state index in [0.717, 1.165) is 44.1 Å². The molecule has 0 spiro atoms. The minimum atomic E-state index is -0.523. The summed E-state index contributed by atoms with van der Waals surface area (Å²) in [5, 5.41) is 20.4. The fraction of sp³-hybridized carbons (Fsp3) is 0.765. The number of hydrogen-bond donors (Lipinski definition) is 2. The quantitative estimate of drug-likeness (QED) is 0.714. The summed E-state index contributed by atoms with van der Waals surface area (Å²) >= 11 is 0. The standard InChI is InChI=1S/C17H30O2/c1-5-16(18)14(3)7-6-8-15(4)17(19)11-9-13(2)10-12-17/h7,9,15-16,18-19H,5-6,8,10-12H2,1-4H3/b14-7-/t15-,16-,17-/m1/s1. The Morgan fingerprint density at radius 2 is 2.21 bits per heavy atom. The van der Waals surface area contributed by atoms with Gasteiger partial charge in [-0.05, 0) is 63.9 Å². The molecule has 0 fully saturated rings. The van der Waals surface area contributed by atoms with Gasteiger partial charge in [0.25, 0.3) is 0 Å². The molecule has 3 atom stereocenters. The minimum absolute atomic E-state index is 0.305. The van der Waals surface area contributed by atoms with E-state index in [0.29, 0.717) is 5.92 Å².